The van der Waals surface area contributed by atoms with Crippen LogP contribution in [0, 0.1) is 11.3 Å². The Labute approximate surface area is 132 Å². The molecule has 0 bridgehead atoms. The fourth-order valence-electron chi connectivity index (χ4n) is 2.96. The van der Waals surface area contributed by atoms with Crippen molar-refractivity contribution in [2.24, 2.45) is 11.3 Å². The van der Waals surface area contributed by atoms with Gasteiger partial charge in [-0.05, 0) is 42.6 Å². The Kier molecular flexibility index (Phi) is 5.44. The molecule has 0 aliphatic heterocycles. The normalized spacial score (nSPS) is 18.4. The van der Waals surface area contributed by atoms with E-state index in [9.17, 15) is 4.79 Å². The Morgan fingerprint density at radius 3 is 2.90 bits per heavy atom. The fourth-order valence-corrected chi connectivity index (χ4v) is 4.12. The van der Waals surface area contributed by atoms with Crippen molar-refractivity contribution < 1.29 is 9.53 Å². The van der Waals surface area contributed by atoms with E-state index in [1.165, 1.54) is 16.9 Å². The number of carbonyl (C=O) groups is 1. The number of fused-ring (bicyclic) bond motifs is 1. The lowest BCUT2D eigenvalue weighted by atomic mass is 9.72. The second-order valence-electron chi connectivity index (χ2n) is 6.96. The molecule has 118 valence electrons. The van der Waals surface area contributed by atoms with E-state index in [2.05, 4.69) is 26.1 Å². The van der Waals surface area contributed by atoms with Crippen LogP contribution in [-0.4, -0.2) is 26.2 Å². The quantitative estimate of drug-likeness (QED) is 0.843. The van der Waals surface area contributed by atoms with Gasteiger partial charge in [0.25, 0.3) is 5.91 Å². The summed E-state index contributed by atoms with van der Waals surface area (Å²) in [4.78, 5) is 13.7. The lowest BCUT2D eigenvalue weighted by Crippen LogP contribution is -2.29. The van der Waals surface area contributed by atoms with Crippen LogP contribution in [0.2, 0.25) is 0 Å². The molecule has 2 rings (SSSR count). The molecule has 1 unspecified atom stereocenters. The molecular weight excluding hydrogens is 282 g/mol. The number of carbonyl (C=O) groups excluding carboxylic acids is 1. The molecule has 21 heavy (non-hydrogen) atoms. The van der Waals surface area contributed by atoms with Gasteiger partial charge in [-0.15, -0.1) is 11.3 Å². The highest BCUT2D eigenvalue weighted by atomic mass is 32.1. The predicted molar refractivity (Wildman–Crippen MR) is 88.1 cm³/mol. The van der Waals surface area contributed by atoms with Gasteiger partial charge in [0.15, 0.2) is 0 Å². The van der Waals surface area contributed by atoms with E-state index in [1.807, 2.05) is 5.38 Å². The second kappa shape index (κ2) is 6.93. The van der Waals surface area contributed by atoms with Crippen LogP contribution in [-0.2, 0) is 17.6 Å². The summed E-state index contributed by atoms with van der Waals surface area (Å²) in [6, 6.07) is 0. The van der Waals surface area contributed by atoms with Crippen LogP contribution in [0.4, 0.5) is 0 Å². The zero-order valence-electron chi connectivity index (χ0n) is 13.6. The highest BCUT2D eigenvalue weighted by Crippen LogP contribution is 2.40. The van der Waals surface area contributed by atoms with Crippen molar-refractivity contribution in [2.45, 2.75) is 46.5 Å². The predicted octanol–water partition coefficient (Wildman–Crippen LogP) is 3.67. The standard InChI is InChI=1S/C17H27NO2S/c1-17(2,3)12-6-7-13-14(11-21-15(13)10-12)16(19)18-8-5-9-20-4/h11-12H,5-10H2,1-4H3,(H,18,19). The SMILES string of the molecule is COCCCNC(=O)c1csc2c1CCC(C(C)(C)C)C2. The number of hydrogen-bond donors (Lipinski definition) is 1. The Morgan fingerprint density at radius 2 is 2.24 bits per heavy atom. The van der Waals surface area contributed by atoms with Crippen molar-refractivity contribution in [3.05, 3.63) is 21.4 Å². The van der Waals surface area contributed by atoms with Crippen LogP contribution in [0.5, 0.6) is 0 Å². The fraction of sp³-hybridized carbons (Fsp3) is 0.706. The van der Waals surface area contributed by atoms with Gasteiger partial charge in [0.1, 0.15) is 0 Å². The summed E-state index contributed by atoms with van der Waals surface area (Å²) >= 11 is 1.76. The largest absolute Gasteiger partial charge is 0.385 e. The second-order valence-corrected chi connectivity index (χ2v) is 7.92. The third-order valence-corrected chi connectivity index (χ3v) is 5.49. The lowest BCUT2D eigenvalue weighted by molar-refractivity contribution is 0.0947. The number of thiophene rings is 1. The number of amides is 1. The van der Waals surface area contributed by atoms with Crippen LogP contribution >= 0.6 is 11.3 Å². The van der Waals surface area contributed by atoms with E-state index in [1.54, 1.807) is 18.4 Å². The molecule has 0 spiro atoms. The van der Waals surface area contributed by atoms with Crippen LogP contribution < -0.4 is 5.32 Å². The van der Waals surface area contributed by atoms with Crippen molar-refractivity contribution in [1.29, 1.82) is 0 Å². The average Bonchev–Trinajstić information content (AvgIpc) is 2.85. The zero-order valence-corrected chi connectivity index (χ0v) is 14.4. The first-order valence-electron chi connectivity index (χ1n) is 7.80. The summed E-state index contributed by atoms with van der Waals surface area (Å²) in [7, 11) is 1.68. The molecule has 1 aromatic rings. The molecule has 0 fully saturated rings. The van der Waals surface area contributed by atoms with Gasteiger partial charge in [0.05, 0.1) is 5.56 Å². The molecule has 1 aromatic heterocycles. The van der Waals surface area contributed by atoms with Crippen molar-refractivity contribution >= 4 is 17.2 Å². The van der Waals surface area contributed by atoms with Gasteiger partial charge in [0.2, 0.25) is 0 Å². The third kappa shape index (κ3) is 4.07. The molecule has 4 heteroatoms. The highest BCUT2D eigenvalue weighted by Gasteiger charge is 2.31. The van der Waals surface area contributed by atoms with E-state index in [0.29, 0.717) is 18.6 Å². The van der Waals surface area contributed by atoms with E-state index in [-0.39, 0.29) is 5.91 Å². The van der Waals surface area contributed by atoms with Gasteiger partial charge in [0, 0.05) is 30.5 Å². The van der Waals surface area contributed by atoms with Crippen LogP contribution in [0.15, 0.2) is 5.38 Å². The number of rotatable bonds is 5. The van der Waals surface area contributed by atoms with Crippen LogP contribution in [0.3, 0.4) is 0 Å². The summed E-state index contributed by atoms with van der Waals surface area (Å²) in [5.41, 5.74) is 2.55. The molecule has 1 heterocycles. The van der Waals surface area contributed by atoms with Crippen molar-refractivity contribution in [3.8, 4) is 0 Å². The molecule has 1 aliphatic carbocycles. The Hall–Kier alpha value is -0.870. The maximum absolute atomic E-state index is 12.3. The summed E-state index contributed by atoms with van der Waals surface area (Å²) < 4.78 is 5.00. The minimum Gasteiger partial charge on any atom is -0.385 e. The molecule has 1 atom stereocenters. The first kappa shape index (κ1) is 16.5. The third-order valence-electron chi connectivity index (χ3n) is 4.44. The Balaban J connectivity index is 1.99. The highest BCUT2D eigenvalue weighted by molar-refractivity contribution is 7.10. The van der Waals surface area contributed by atoms with Gasteiger partial charge in [-0.1, -0.05) is 20.8 Å². The minimum absolute atomic E-state index is 0.0813. The minimum atomic E-state index is 0.0813. The van der Waals surface area contributed by atoms with Crippen LogP contribution in [0.25, 0.3) is 0 Å². The van der Waals surface area contributed by atoms with Gasteiger partial charge < -0.3 is 10.1 Å². The number of ether oxygens (including phenoxy) is 1. The number of methoxy groups -OCH3 is 1. The molecular formula is C17H27NO2S. The van der Waals surface area contributed by atoms with Gasteiger partial charge in [-0.3, -0.25) is 4.79 Å². The van der Waals surface area contributed by atoms with Crippen molar-refractivity contribution in [1.82, 2.24) is 5.32 Å². The van der Waals surface area contributed by atoms with E-state index >= 15 is 0 Å². The van der Waals surface area contributed by atoms with Gasteiger partial charge in [-0.25, -0.2) is 0 Å². The van der Waals surface area contributed by atoms with E-state index in [0.717, 1.165) is 30.7 Å². The average molecular weight is 309 g/mol. The maximum Gasteiger partial charge on any atom is 0.252 e. The molecule has 3 nitrogen and oxygen atoms in total. The first-order valence-corrected chi connectivity index (χ1v) is 8.68. The smallest absolute Gasteiger partial charge is 0.252 e. The monoisotopic (exact) mass is 309 g/mol. The first-order chi connectivity index (χ1) is 9.93. The lowest BCUT2D eigenvalue weighted by Gasteiger charge is -2.34. The molecule has 0 saturated carbocycles. The number of nitrogens with one attached hydrogen (secondary N) is 1. The van der Waals surface area contributed by atoms with Crippen molar-refractivity contribution in [2.75, 3.05) is 20.3 Å². The molecule has 0 aromatic carbocycles. The summed E-state index contributed by atoms with van der Waals surface area (Å²) in [6.07, 6.45) is 4.22. The van der Waals surface area contributed by atoms with E-state index in [4.69, 9.17) is 4.74 Å². The van der Waals surface area contributed by atoms with Gasteiger partial charge >= 0.3 is 0 Å². The summed E-state index contributed by atoms with van der Waals surface area (Å²) in [5.74, 6) is 0.805. The topological polar surface area (TPSA) is 38.3 Å². The number of hydrogen-bond acceptors (Lipinski definition) is 3. The van der Waals surface area contributed by atoms with E-state index < -0.39 is 0 Å². The Bertz CT molecular complexity index is 487. The molecule has 0 radical (unpaired) electrons. The van der Waals surface area contributed by atoms with Crippen molar-refractivity contribution in [3.63, 3.8) is 0 Å². The van der Waals surface area contributed by atoms with Crippen LogP contribution in [0.1, 0.15) is 54.4 Å². The zero-order chi connectivity index (χ0) is 15.5. The Morgan fingerprint density at radius 1 is 1.48 bits per heavy atom. The molecule has 1 N–H and O–H groups in total. The molecule has 0 saturated heterocycles. The summed E-state index contributed by atoms with van der Waals surface area (Å²) in [5, 5.41) is 5.04. The molecule has 1 aliphatic rings. The maximum atomic E-state index is 12.3. The van der Waals surface area contributed by atoms with Gasteiger partial charge in [-0.2, -0.15) is 0 Å². The molecule has 1 amide bonds. The summed E-state index contributed by atoms with van der Waals surface area (Å²) in [6.45, 7) is 8.33.